The summed E-state index contributed by atoms with van der Waals surface area (Å²) < 4.78 is 6.82. The third kappa shape index (κ3) is 2.96. The number of carbonyl (C=O) groups excluding carboxylic acids is 1. The average Bonchev–Trinajstić information content (AvgIpc) is 2.98. The van der Waals surface area contributed by atoms with Crippen LogP contribution >= 0.6 is 0 Å². The minimum atomic E-state index is 0.0622. The maximum atomic E-state index is 11.0. The van der Waals surface area contributed by atoms with E-state index in [4.69, 9.17) is 4.42 Å². The first-order valence-corrected chi connectivity index (χ1v) is 5.61. The van der Waals surface area contributed by atoms with Gasteiger partial charge in [0, 0.05) is 30.3 Å². The highest BCUT2D eigenvalue weighted by molar-refractivity contribution is 5.75. The lowest BCUT2D eigenvalue weighted by molar-refractivity contribution is -0.120. The Bertz CT molecular complexity index is 474. The first-order chi connectivity index (χ1) is 8.29. The normalized spacial score (nSPS) is 10.4. The molecule has 1 N–H and O–H groups in total. The lowest BCUT2D eigenvalue weighted by atomic mass is 10.2. The fourth-order valence-electron chi connectivity index (χ4n) is 1.50. The van der Waals surface area contributed by atoms with Crippen LogP contribution < -0.4 is 5.32 Å². The summed E-state index contributed by atoms with van der Waals surface area (Å²) in [5, 5.41) is 7.03. The van der Waals surface area contributed by atoms with E-state index in [1.165, 1.54) is 0 Å². The zero-order chi connectivity index (χ0) is 12.1. The summed E-state index contributed by atoms with van der Waals surface area (Å²) in [7, 11) is 0. The number of carbonyl (C=O) groups is 1. The monoisotopic (exact) mass is 233 g/mol. The summed E-state index contributed by atoms with van der Waals surface area (Å²) in [6.45, 7) is 3.10. The molecule has 0 atom stereocenters. The Morgan fingerprint density at radius 3 is 3.12 bits per heavy atom. The standard InChI is InChI=1S/C12H15N3O2/c1-2-12(16)13-4-5-15-8-11(7-14-15)10-3-6-17-9-10/h3,6-9H,2,4-5H2,1H3,(H,13,16). The Morgan fingerprint density at radius 2 is 2.41 bits per heavy atom. The second-order valence-electron chi connectivity index (χ2n) is 3.71. The van der Waals surface area contributed by atoms with Gasteiger partial charge in [-0.3, -0.25) is 9.48 Å². The summed E-state index contributed by atoms with van der Waals surface area (Å²) >= 11 is 0. The van der Waals surface area contributed by atoms with Gasteiger partial charge in [0.15, 0.2) is 0 Å². The van der Waals surface area contributed by atoms with Crippen molar-refractivity contribution in [1.29, 1.82) is 0 Å². The van der Waals surface area contributed by atoms with Crippen LogP contribution in [0.15, 0.2) is 35.4 Å². The van der Waals surface area contributed by atoms with Gasteiger partial charge >= 0.3 is 0 Å². The molecule has 0 aromatic carbocycles. The zero-order valence-corrected chi connectivity index (χ0v) is 9.72. The van der Waals surface area contributed by atoms with Crippen molar-refractivity contribution < 1.29 is 9.21 Å². The number of nitrogens with zero attached hydrogens (tertiary/aromatic N) is 2. The molecule has 1 amide bonds. The smallest absolute Gasteiger partial charge is 0.219 e. The first-order valence-electron chi connectivity index (χ1n) is 5.61. The first kappa shape index (κ1) is 11.4. The van der Waals surface area contributed by atoms with Crippen molar-refractivity contribution in [2.45, 2.75) is 19.9 Å². The fraction of sp³-hybridized carbons (Fsp3) is 0.333. The molecule has 5 heteroatoms. The molecule has 0 fully saturated rings. The molecular weight excluding hydrogens is 218 g/mol. The summed E-state index contributed by atoms with van der Waals surface area (Å²) in [5.41, 5.74) is 2.02. The molecule has 0 aliphatic carbocycles. The van der Waals surface area contributed by atoms with Gasteiger partial charge in [0.2, 0.25) is 5.91 Å². The van der Waals surface area contributed by atoms with Crippen molar-refractivity contribution in [2.75, 3.05) is 6.54 Å². The third-order valence-corrected chi connectivity index (χ3v) is 2.47. The molecule has 0 aliphatic rings. The van der Waals surface area contributed by atoms with Crippen molar-refractivity contribution in [3.05, 3.63) is 31.0 Å². The number of hydrogen-bond donors (Lipinski definition) is 1. The van der Waals surface area contributed by atoms with E-state index in [1.807, 2.05) is 19.2 Å². The molecule has 2 heterocycles. The van der Waals surface area contributed by atoms with E-state index in [9.17, 15) is 4.79 Å². The van der Waals surface area contributed by atoms with Gasteiger partial charge in [0.1, 0.15) is 0 Å². The van der Waals surface area contributed by atoms with Crippen molar-refractivity contribution in [3.8, 4) is 11.1 Å². The number of furan rings is 1. The van der Waals surface area contributed by atoms with Gasteiger partial charge in [-0.25, -0.2) is 0 Å². The summed E-state index contributed by atoms with van der Waals surface area (Å²) in [6.07, 6.45) is 7.54. The largest absolute Gasteiger partial charge is 0.472 e. The van der Waals surface area contributed by atoms with Crippen LogP contribution in [0.1, 0.15) is 13.3 Å². The van der Waals surface area contributed by atoms with Crippen LogP contribution in [0.5, 0.6) is 0 Å². The predicted molar refractivity (Wildman–Crippen MR) is 63.2 cm³/mol. The topological polar surface area (TPSA) is 60.1 Å². The number of rotatable bonds is 5. The lowest BCUT2D eigenvalue weighted by Crippen LogP contribution is -2.26. The van der Waals surface area contributed by atoms with Crippen LogP contribution in [0, 0.1) is 0 Å². The van der Waals surface area contributed by atoms with E-state index >= 15 is 0 Å². The van der Waals surface area contributed by atoms with Crippen LogP contribution in [0.4, 0.5) is 0 Å². The molecule has 0 aliphatic heterocycles. The van der Waals surface area contributed by atoms with Crippen LogP contribution in [-0.4, -0.2) is 22.2 Å². The van der Waals surface area contributed by atoms with Crippen LogP contribution in [-0.2, 0) is 11.3 Å². The maximum absolute atomic E-state index is 11.0. The molecule has 0 unspecified atom stereocenters. The molecule has 0 saturated carbocycles. The number of nitrogens with one attached hydrogen (secondary N) is 1. The highest BCUT2D eigenvalue weighted by Gasteiger charge is 2.03. The zero-order valence-electron chi connectivity index (χ0n) is 9.72. The van der Waals surface area contributed by atoms with Crippen molar-refractivity contribution in [3.63, 3.8) is 0 Å². The average molecular weight is 233 g/mol. The molecule has 2 rings (SSSR count). The minimum absolute atomic E-state index is 0.0622. The molecule has 17 heavy (non-hydrogen) atoms. The van der Waals surface area contributed by atoms with Gasteiger partial charge in [-0.05, 0) is 6.07 Å². The Kier molecular flexibility index (Phi) is 3.59. The van der Waals surface area contributed by atoms with Crippen LogP contribution in [0.3, 0.4) is 0 Å². The summed E-state index contributed by atoms with van der Waals surface area (Å²) in [4.78, 5) is 11.0. The highest BCUT2D eigenvalue weighted by atomic mass is 16.3. The lowest BCUT2D eigenvalue weighted by Gasteiger charge is -2.03. The maximum Gasteiger partial charge on any atom is 0.219 e. The molecule has 90 valence electrons. The van der Waals surface area contributed by atoms with Gasteiger partial charge in [0.05, 0.1) is 25.3 Å². The molecule has 2 aromatic heterocycles. The highest BCUT2D eigenvalue weighted by Crippen LogP contribution is 2.18. The van der Waals surface area contributed by atoms with Gasteiger partial charge in [-0.1, -0.05) is 6.92 Å². The van der Waals surface area contributed by atoms with Crippen LogP contribution in [0.25, 0.3) is 11.1 Å². The summed E-state index contributed by atoms with van der Waals surface area (Å²) in [6, 6.07) is 1.89. The van der Waals surface area contributed by atoms with Crippen molar-refractivity contribution >= 4 is 5.91 Å². The van der Waals surface area contributed by atoms with Crippen molar-refractivity contribution in [2.24, 2.45) is 0 Å². The second-order valence-corrected chi connectivity index (χ2v) is 3.71. The SMILES string of the molecule is CCC(=O)NCCn1cc(-c2ccoc2)cn1. The minimum Gasteiger partial charge on any atom is -0.472 e. The molecule has 0 saturated heterocycles. The Morgan fingerprint density at radius 1 is 1.53 bits per heavy atom. The molecule has 0 bridgehead atoms. The van der Waals surface area contributed by atoms with Gasteiger partial charge in [0.25, 0.3) is 0 Å². The van der Waals surface area contributed by atoms with Gasteiger partial charge in [-0.2, -0.15) is 5.10 Å². The quantitative estimate of drug-likeness (QED) is 0.854. The molecule has 0 radical (unpaired) electrons. The fourth-order valence-corrected chi connectivity index (χ4v) is 1.50. The van der Waals surface area contributed by atoms with Gasteiger partial charge in [-0.15, -0.1) is 0 Å². The van der Waals surface area contributed by atoms with Crippen molar-refractivity contribution in [1.82, 2.24) is 15.1 Å². The molecule has 5 nitrogen and oxygen atoms in total. The number of hydrogen-bond acceptors (Lipinski definition) is 3. The van der Waals surface area contributed by atoms with Crippen LogP contribution in [0.2, 0.25) is 0 Å². The summed E-state index contributed by atoms with van der Waals surface area (Å²) in [5.74, 6) is 0.0622. The van der Waals surface area contributed by atoms with E-state index in [0.717, 1.165) is 11.1 Å². The van der Waals surface area contributed by atoms with E-state index in [2.05, 4.69) is 10.4 Å². The van der Waals surface area contributed by atoms with Gasteiger partial charge < -0.3 is 9.73 Å². The Balaban J connectivity index is 1.89. The number of aromatic nitrogens is 2. The van der Waals surface area contributed by atoms with E-state index in [1.54, 1.807) is 23.4 Å². The second kappa shape index (κ2) is 5.34. The predicted octanol–water partition coefficient (Wildman–Crippen LogP) is 1.67. The van der Waals surface area contributed by atoms with E-state index < -0.39 is 0 Å². The van der Waals surface area contributed by atoms with E-state index in [-0.39, 0.29) is 5.91 Å². The Hall–Kier alpha value is -2.04. The molecule has 2 aromatic rings. The molecule has 0 spiro atoms. The van der Waals surface area contributed by atoms with E-state index in [0.29, 0.717) is 19.5 Å². The Labute approximate surface area is 99.4 Å². The number of amides is 1. The third-order valence-electron chi connectivity index (χ3n) is 2.47. The molecular formula is C12H15N3O2.